The van der Waals surface area contributed by atoms with Gasteiger partial charge in [-0.15, -0.1) is 0 Å². The molecule has 0 saturated carbocycles. The van der Waals surface area contributed by atoms with Crippen LogP contribution in [0.3, 0.4) is 0 Å². The normalized spacial score (nSPS) is 20.4. The number of methoxy groups -OCH3 is 2. The number of nitrogens with zero attached hydrogens (tertiary/aromatic N) is 2. The lowest BCUT2D eigenvalue weighted by Gasteiger charge is -2.27. The number of rotatable bonds is 7. The number of imide groups is 1. The number of para-hydroxylation sites is 1. The molecule has 2 aromatic carbocycles. The van der Waals surface area contributed by atoms with Crippen LogP contribution in [-0.2, 0) is 9.59 Å². The molecular formula is C24H27N3O5. The highest BCUT2D eigenvalue weighted by Crippen LogP contribution is 2.39. The van der Waals surface area contributed by atoms with Crippen LogP contribution in [0.5, 0.6) is 11.5 Å². The molecule has 0 unspecified atom stereocenters. The van der Waals surface area contributed by atoms with Gasteiger partial charge < -0.3 is 19.7 Å². The number of likely N-dealkylation sites (tertiary alicyclic amines) is 1. The molecule has 0 radical (unpaired) electrons. The van der Waals surface area contributed by atoms with Crippen LogP contribution in [0.4, 0.5) is 10.5 Å². The minimum atomic E-state index is -0.705. The highest BCUT2D eigenvalue weighted by Gasteiger charge is 2.40. The molecule has 2 saturated heterocycles. The van der Waals surface area contributed by atoms with Crippen LogP contribution in [0, 0.1) is 0 Å². The molecule has 0 bridgehead atoms. The molecule has 0 spiro atoms. The molecule has 1 N–H and O–H groups in total. The Morgan fingerprint density at radius 3 is 2.59 bits per heavy atom. The maximum Gasteiger partial charge on any atom is 0.329 e. The van der Waals surface area contributed by atoms with Gasteiger partial charge in [-0.3, -0.25) is 9.59 Å². The fourth-order valence-corrected chi connectivity index (χ4v) is 4.44. The Morgan fingerprint density at radius 1 is 1.09 bits per heavy atom. The molecule has 2 atom stereocenters. The molecule has 2 heterocycles. The third-order valence-electron chi connectivity index (χ3n) is 6.05. The van der Waals surface area contributed by atoms with E-state index in [1.807, 2.05) is 29.2 Å². The second-order valence-corrected chi connectivity index (χ2v) is 7.90. The van der Waals surface area contributed by atoms with E-state index in [9.17, 15) is 14.4 Å². The van der Waals surface area contributed by atoms with Crippen molar-refractivity contribution in [3.63, 3.8) is 0 Å². The third kappa shape index (κ3) is 4.12. The first-order valence-corrected chi connectivity index (χ1v) is 10.7. The van der Waals surface area contributed by atoms with Crippen molar-refractivity contribution in [2.45, 2.75) is 37.8 Å². The van der Waals surface area contributed by atoms with E-state index in [1.54, 1.807) is 38.5 Å². The summed E-state index contributed by atoms with van der Waals surface area (Å²) >= 11 is 0. The number of carbonyl (C=O) groups excluding carboxylic acids is 3. The molecular weight excluding hydrogens is 410 g/mol. The van der Waals surface area contributed by atoms with Gasteiger partial charge in [-0.2, -0.15) is 0 Å². The molecule has 32 heavy (non-hydrogen) atoms. The van der Waals surface area contributed by atoms with Crippen LogP contribution in [0.1, 0.15) is 37.3 Å². The Labute approximate surface area is 187 Å². The van der Waals surface area contributed by atoms with Crippen LogP contribution in [0.2, 0.25) is 0 Å². The monoisotopic (exact) mass is 437 g/mol. The zero-order valence-electron chi connectivity index (χ0n) is 18.2. The summed E-state index contributed by atoms with van der Waals surface area (Å²) < 4.78 is 10.8. The molecule has 4 rings (SSSR count). The van der Waals surface area contributed by atoms with Gasteiger partial charge >= 0.3 is 6.03 Å². The van der Waals surface area contributed by atoms with Crippen molar-refractivity contribution in [1.29, 1.82) is 0 Å². The van der Waals surface area contributed by atoms with E-state index in [0.29, 0.717) is 23.7 Å². The van der Waals surface area contributed by atoms with Crippen LogP contribution in [0.25, 0.3) is 0 Å². The van der Waals surface area contributed by atoms with Crippen molar-refractivity contribution in [3.8, 4) is 11.5 Å². The van der Waals surface area contributed by atoms with Crippen LogP contribution in [0.15, 0.2) is 48.5 Å². The van der Waals surface area contributed by atoms with Crippen molar-refractivity contribution < 1.29 is 23.9 Å². The van der Waals surface area contributed by atoms with E-state index >= 15 is 0 Å². The molecule has 2 aliphatic heterocycles. The lowest BCUT2D eigenvalue weighted by atomic mass is 10.0. The van der Waals surface area contributed by atoms with Gasteiger partial charge in [0.15, 0.2) is 0 Å². The van der Waals surface area contributed by atoms with Crippen molar-refractivity contribution in [2.75, 3.05) is 25.7 Å². The predicted molar refractivity (Wildman–Crippen MR) is 119 cm³/mol. The third-order valence-corrected chi connectivity index (χ3v) is 6.05. The summed E-state index contributed by atoms with van der Waals surface area (Å²) in [6.45, 7) is 0.653. The van der Waals surface area contributed by atoms with Crippen LogP contribution >= 0.6 is 0 Å². The first kappa shape index (κ1) is 21.7. The van der Waals surface area contributed by atoms with Gasteiger partial charge in [0.1, 0.15) is 17.5 Å². The second-order valence-electron chi connectivity index (χ2n) is 7.90. The summed E-state index contributed by atoms with van der Waals surface area (Å²) in [5, 5.41) is 2.70. The van der Waals surface area contributed by atoms with Gasteiger partial charge in [0.05, 0.1) is 25.9 Å². The van der Waals surface area contributed by atoms with Crippen molar-refractivity contribution in [1.82, 2.24) is 10.2 Å². The minimum Gasteiger partial charge on any atom is -0.497 e. The van der Waals surface area contributed by atoms with E-state index in [-0.39, 0.29) is 30.7 Å². The molecule has 0 aliphatic carbocycles. The highest BCUT2D eigenvalue weighted by molar-refractivity contribution is 6.21. The van der Waals surface area contributed by atoms with E-state index in [4.69, 9.17) is 9.47 Å². The summed E-state index contributed by atoms with van der Waals surface area (Å²) in [6, 6.07) is 13.2. The molecule has 2 fully saturated rings. The fourth-order valence-electron chi connectivity index (χ4n) is 4.44. The first-order valence-electron chi connectivity index (χ1n) is 10.7. The molecule has 4 amide bonds. The quantitative estimate of drug-likeness (QED) is 0.672. The average molecular weight is 437 g/mol. The summed E-state index contributed by atoms with van der Waals surface area (Å²) in [5.41, 5.74) is 1.47. The van der Waals surface area contributed by atoms with Gasteiger partial charge in [-0.1, -0.05) is 18.2 Å². The molecule has 0 aromatic heterocycles. The number of nitrogens with one attached hydrogen (secondary N) is 1. The van der Waals surface area contributed by atoms with Crippen LogP contribution in [-0.4, -0.2) is 49.6 Å². The molecule has 8 heteroatoms. The smallest absolute Gasteiger partial charge is 0.329 e. The Kier molecular flexibility index (Phi) is 6.30. The van der Waals surface area contributed by atoms with Gasteiger partial charge in [-0.25, -0.2) is 9.69 Å². The van der Waals surface area contributed by atoms with Gasteiger partial charge in [-0.05, 0) is 43.5 Å². The topological polar surface area (TPSA) is 88.2 Å². The number of hydrogen-bond donors (Lipinski definition) is 1. The van der Waals surface area contributed by atoms with Crippen molar-refractivity contribution in [2.24, 2.45) is 0 Å². The Balaban J connectivity index is 1.42. The highest BCUT2D eigenvalue weighted by atomic mass is 16.5. The maximum absolute atomic E-state index is 13.1. The number of ether oxygens (including phenoxy) is 2. The second kappa shape index (κ2) is 9.30. The number of urea groups is 1. The van der Waals surface area contributed by atoms with Crippen molar-refractivity contribution >= 4 is 23.5 Å². The van der Waals surface area contributed by atoms with E-state index in [1.165, 1.54) is 0 Å². The Morgan fingerprint density at radius 2 is 1.88 bits per heavy atom. The zero-order chi connectivity index (χ0) is 22.7. The summed E-state index contributed by atoms with van der Waals surface area (Å²) in [6.07, 6.45) is 2.17. The molecule has 8 nitrogen and oxygen atoms in total. The summed E-state index contributed by atoms with van der Waals surface area (Å²) in [4.78, 5) is 41.2. The lowest BCUT2D eigenvalue weighted by molar-refractivity contribution is -0.132. The van der Waals surface area contributed by atoms with Gasteiger partial charge in [0.2, 0.25) is 5.91 Å². The molecule has 2 aliphatic rings. The number of amides is 4. The Bertz CT molecular complexity index is 1010. The summed E-state index contributed by atoms with van der Waals surface area (Å²) in [5.74, 6) is 1.01. The lowest BCUT2D eigenvalue weighted by Crippen LogP contribution is -2.34. The SMILES string of the molecule is COc1ccc([C@H]2CCCN2C(=O)CC[C@H]2NC(=O)N(c3ccccc3)C2=O)c(OC)c1. The predicted octanol–water partition coefficient (Wildman–Crippen LogP) is 3.27. The molecule has 2 aromatic rings. The van der Waals surface area contributed by atoms with Crippen LogP contribution < -0.4 is 19.7 Å². The number of hydrogen-bond acceptors (Lipinski definition) is 5. The first-order chi connectivity index (χ1) is 15.5. The maximum atomic E-state index is 13.1. The van der Waals surface area contributed by atoms with E-state index < -0.39 is 12.1 Å². The minimum absolute atomic E-state index is 0.0365. The number of carbonyl (C=O) groups is 3. The van der Waals surface area contributed by atoms with E-state index in [2.05, 4.69) is 5.32 Å². The number of anilines is 1. The largest absolute Gasteiger partial charge is 0.497 e. The fraction of sp³-hybridized carbons (Fsp3) is 0.375. The summed E-state index contributed by atoms with van der Waals surface area (Å²) in [7, 11) is 3.20. The van der Waals surface area contributed by atoms with E-state index in [0.717, 1.165) is 23.3 Å². The average Bonchev–Trinajstić information content (AvgIpc) is 3.41. The Hall–Kier alpha value is -3.55. The molecule has 168 valence electrons. The zero-order valence-corrected chi connectivity index (χ0v) is 18.2. The van der Waals surface area contributed by atoms with Gasteiger partial charge in [0, 0.05) is 24.6 Å². The standard InChI is InChI=1S/C24H27N3O5/c1-31-17-10-11-18(21(15-17)32-2)20-9-6-14-26(20)22(28)13-12-19-23(29)27(24(30)25-19)16-7-4-3-5-8-16/h3-5,7-8,10-11,15,19-20H,6,9,12-14H2,1-2H3,(H,25,30)/t19-,20-/m1/s1. The number of benzene rings is 2. The van der Waals surface area contributed by atoms with Crippen molar-refractivity contribution in [3.05, 3.63) is 54.1 Å². The van der Waals surface area contributed by atoms with Gasteiger partial charge in [0.25, 0.3) is 5.91 Å².